The van der Waals surface area contributed by atoms with E-state index in [4.69, 9.17) is 4.74 Å². The molecule has 86 valence electrons. The smallest absolute Gasteiger partial charge is 0.309 e. The van der Waals surface area contributed by atoms with Crippen molar-refractivity contribution in [2.75, 3.05) is 6.61 Å². The first-order valence-corrected chi connectivity index (χ1v) is 5.47. The molecule has 0 amide bonds. The van der Waals surface area contributed by atoms with Crippen LogP contribution in [0.4, 0.5) is 4.39 Å². The van der Waals surface area contributed by atoms with Crippen LogP contribution in [-0.4, -0.2) is 18.3 Å². The van der Waals surface area contributed by atoms with Gasteiger partial charge in [-0.1, -0.05) is 6.08 Å². The van der Waals surface area contributed by atoms with Crippen molar-refractivity contribution in [3.05, 3.63) is 24.2 Å². The van der Waals surface area contributed by atoms with Crippen LogP contribution in [-0.2, 0) is 9.53 Å². The van der Waals surface area contributed by atoms with E-state index < -0.39 is 0 Å². The lowest BCUT2D eigenvalue weighted by atomic mass is 10.0. The number of allylic oxidation sites excluding steroid dienone is 3. The minimum Gasteiger partial charge on any atom is -0.466 e. The lowest BCUT2D eigenvalue weighted by Crippen LogP contribution is -2.15. The third kappa shape index (κ3) is 2.21. The van der Waals surface area contributed by atoms with Gasteiger partial charge >= 0.3 is 5.97 Å². The molecule has 0 radical (unpaired) electrons. The number of ether oxygens (including phenoxy) is 1. The summed E-state index contributed by atoms with van der Waals surface area (Å²) in [6.07, 6.45) is 5.65. The minimum absolute atomic E-state index is 0.0823. The van der Waals surface area contributed by atoms with Crippen molar-refractivity contribution in [1.29, 1.82) is 0 Å². The Labute approximate surface area is 93.7 Å². The maximum Gasteiger partial charge on any atom is 0.309 e. The normalized spacial score (nSPS) is 27.9. The van der Waals surface area contributed by atoms with Crippen molar-refractivity contribution < 1.29 is 13.9 Å². The highest BCUT2D eigenvalue weighted by atomic mass is 19.1. The number of hydrogen-bond acceptors (Lipinski definition) is 3. The maximum atomic E-state index is 12.9. The molecule has 0 aromatic rings. The molecule has 0 N–H and O–H groups in total. The molecular weight excluding hydrogens is 209 g/mol. The number of nitrogens with zero attached hydrogens (tertiary/aromatic N) is 1. The van der Waals surface area contributed by atoms with Crippen LogP contribution in [0.3, 0.4) is 0 Å². The molecule has 1 heterocycles. The zero-order valence-corrected chi connectivity index (χ0v) is 9.15. The van der Waals surface area contributed by atoms with E-state index in [0.717, 1.165) is 5.71 Å². The molecule has 1 aliphatic carbocycles. The summed E-state index contributed by atoms with van der Waals surface area (Å²) < 4.78 is 17.9. The second-order valence-corrected chi connectivity index (χ2v) is 3.99. The highest BCUT2D eigenvalue weighted by Crippen LogP contribution is 2.32. The first-order chi connectivity index (χ1) is 7.70. The molecule has 0 spiro atoms. The van der Waals surface area contributed by atoms with Gasteiger partial charge in [-0.05, 0) is 25.8 Å². The Bertz CT molecular complexity index is 384. The van der Waals surface area contributed by atoms with Gasteiger partial charge in [-0.2, -0.15) is 0 Å². The topological polar surface area (TPSA) is 38.7 Å². The van der Waals surface area contributed by atoms with E-state index in [1.807, 2.05) is 0 Å². The zero-order chi connectivity index (χ0) is 11.5. The second-order valence-electron chi connectivity index (χ2n) is 3.99. The fraction of sp³-hybridized carbons (Fsp3) is 0.500. The third-order valence-corrected chi connectivity index (χ3v) is 2.88. The first kappa shape index (κ1) is 11.0. The SMILES string of the molecule is CCOC(=O)[C@H]1CC2=NC=C(F)C=CC2C1. The molecule has 4 heteroatoms. The van der Waals surface area contributed by atoms with Crippen molar-refractivity contribution >= 4 is 11.7 Å². The molecule has 1 fully saturated rings. The molecule has 2 atom stereocenters. The van der Waals surface area contributed by atoms with Crippen LogP contribution in [0.5, 0.6) is 0 Å². The Morgan fingerprint density at radius 2 is 2.50 bits per heavy atom. The Balaban J connectivity index is 2.08. The van der Waals surface area contributed by atoms with E-state index >= 15 is 0 Å². The first-order valence-electron chi connectivity index (χ1n) is 5.47. The van der Waals surface area contributed by atoms with Crippen LogP contribution in [0, 0.1) is 11.8 Å². The van der Waals surface area contributed by atoms with E-state index in [1.54, 1.807) is 13.0 Å². The van der Waals surface area contributed by atoms with E-state index in [2.05, 4.69) is 4.99 Å². The van der Waals surface area contributed by atoms with E-state index in [-0.39, 0.29) is 23.6 Å². The van der Waals surface area contributed by atoms with E-state index in [9.17, 15) is 9.18 Å². The van der Waals surface area contributed by atoms with Gasteiger partial charge in [0.15, 0.2) is 0 Å². The zero-order valence-electron chi connectivity index (χ0n) is 9.15. The Morgan fingerprint density at radius 3 is 3.25 bits per heavy atom. The lowest BCUT2D eigenvalue weighted by molar-refractivity contribution is -0.147. The van der Waals surface area contributed by atoms with Crippen LogP contribution >= 0.6 is 0 Å². The molecule has 1 saturated carbocycles. The average Bonchev–Trinajstić information content (AvgIpc) is 2.60. The van der Waals surface area contributed by atoms with Crippen molar-refractivity contribution in [3.63, 3.8) is 0 Å². The maximum absolute atomic E-state index is 12.9. The number of carbonyl (C=O) groups is 1. The largest absolute Gasteiger partial charge is 0.466 e. The summed E-state index contributed by atoms with van der Waals surface area (Å²) >= 11 is 0. The van der Waals surface area contributed by atoms with Crippen LogP contribution in [0.1, 0.15) is 19.8 Å². The summed E-state index contributed by atoms with van der Waals surface area (Å²) in [5.41, 5.74) is 0.877. The number of aliphatic imine (C=N–C) groups is 1. The summed E-state index contributed by atoms with van der Waals surface area (Å²) in [7, 11) is 0. The number of carbonyl (C=O) groups excluding carboxylic acids is 1. The number of fused-ring (bicyclic) bond motifs is 1. The van der Waals surface area contributed by atoms with Crippen LogP contribution in [0.2, 0.25) is 0 Å². The van der Waals surface area contributed by atoms with Gasteiger partial charge in [0.25, 0.3) is 0 Å². The molecule has 1 aliphatic heterocycles. The molecule has 16 heavy (non-hydrogen) atoms. The average molecular weight is 223 g/mol. The summed E-state index contributed by atoms with van der Waals surface area (Å²) in [4.78, 5) is 15.6. The Morgan fingerprint density at radius 1 is 1.69 bits per heavy atom. The number of rotatable bonds is 2. The third-order valence-electron chi connectivity index (χ3n) is 2.88. The highest BCUT2D eigenvalue weighted by molar-refractivity contribution is 5.95. The van der Waals surface area contributed by atoms with Gasteiger partial charge in [0, 0.05) is 11.6 Å². The number of hydrogen-bond donors (Lipinski definition) is 0. The van der Waals surface area contributed by atoms with Crippen LogP contribution < -0.4 is 0 Å². The second kappa shape index (κ2) is 4.60. The molecular formula is C12H14FNO2. The summed E-state index contributed by atoms with van der Waals surface area (Å²) in [5, 5.41) is 0. The van der Waals surface area contributed by atoms with Gasteiger partial charge in [-0.25, -0.2) is 4.39 Å². The fourth-order valence-electron chi connectivity index (χ4n) is 2.10. The van der Waals surface area contributed by atoms with E-state index in [1.165, 1.54) is 12.3 Å². The molecule has 2 rings (SSSR count). The van der Waals surface area contributed by atoms with Crippen molar-refractivity contribution in [2.45, 2.75) is 19.8 Å². The van der Waals surface area contributed by atoms with Crippen molar-refractivity contribution in [3.8, 4) is 0 Å². The van der Waals surface area contributed by atoms with Gasteiger partial charge in [0.2, 0.25) is 0 Å². The predicted octanol–water partition coefficient (Wildman–Crippen LogP) is 2.40. The predicted molar refractivity (Wildman–Crippen MR) is 58.6 cm³/mol. The lowest BCUT2D eigenvalue weighted by Gasteiger charge is -2.07. The molecule has 0 saturated heterocycles. The molecule has 2 aliphatic rings. The van der Waals surface area contributed by atoms with Crippen molar-refractivity contribution in [2.24, 2.45) is 16.8 Å². The van der Waals surface area contributed by atoms with Crippen LogP contribution in [0.25, 0.3) is 0 Å². The quantitative estimate of drug-likeness (QED) is 0.674. The Kier molecular flexibility index (Phi) is 3.17. The minimum atomic E-state index is -0.338. The van der Waals surface area contributed by atoms with Crippen molar-refractivity contribution in [1.82, 2.24) is 0 Å². The molecule has 0 bridgehead atoms. The molecule has 0 aromatic heterocycles. The standard InChI is InChI=1S/C12H14FNO2/c1-2-16-12(15)9-5-8-3-4-10(13)7-14-11(8)6-9/h3-4,7-9H,2,5-6H2,1H3/t8?,9-/m1/s1. The monoisotopic (exact) mass is 223 g/mol. The molecule has 1 unspecified atom stereocenters. The van der Waals surface area contributed by atoms with Gasteiger partial charge in [-0.15, -0.1) is 0 Å². The fourth-order valence-corrected chi connectivity index (χ4v) is 2.10. The number of esters is 1. The summed E-state index contributed by atoms with van der Waals surface area (Å²) in [6, 6.07) is 0. The Hall–Kier alpha value is -1.45. The van der Waals surface area contributed by atoms with E-state index in [0.29, 0.717) is 19.4 Å². The molecule has 3 nitrogen and oxygen atoms in total. The summed E-state index contributed by atoms with van der Waals surface area (Å²) in [6.45, 7) is 2.19. The molecule has 0 aromatic carbocycles. The highest BCUT2D eigenvalue weighted by Gasteiger charge is 2.34. The van der Waals surface area contributed by atoms with Gasteiger partial charge in [-0.3, -0.25) is 9.79 Å². The summed E-state index contributed by atoms with van der Waals surface area (Å²) in [5.74, 6) is -0.549. The van der Waals surface area contributed by atoms with Crippen LogP contribution in [0.15, 0.2) is 29.2 Å². The van der Waals surface area contributed by atoms with Gasteiger partial charge in [0.05, 0.1) is 18.7 Å². The van der Waals surface area contributed by atoms with Gasteiger partial charge < -0.3 is 4.74 Å². The number of halogens is 1. The van der Waals surface area contributed by atoms with Gasteiger partial charge in [0.1, 0.15) is 5.83 Å².